The molecule has 0 radical (unpaired) electrons. The molecule has 1 aliphatic heterocycles. The number of aryl methyl sites for hydroxylation is 1. The zero-order chi connectivity index (χ0) is 16.3. The minimum atomic E-state index is -0.414. The topological polar surface area (TPSA) is 52.6 Å². The molecule has 1 aromatic carbocycles. The van der Waals surface area contributed by atoms with Crippen molar-refractivity contribution in [3.05, 3.63) is 29.6 Å². The van der Waals surface area contributed by atoms with E-state index in [1.807, 2.05) is 13.8 Å². The summed E-state index contributed by atoms with van der Waals surface area (Å²) in [7, 11) is 0. The molecule has 0 aliphatic carbocycles. The van der Waals surface area contributed by atoms with Gasteiger partial charge >= 0.3 is 0 Å². The molecule has 0 saturated carbocycles. The largest absolute Gasteiger partial charge is 0.393 e. The summed E-state index contributed by atoms with van der Waals surface area (Å²) in [6.45, 7) is 6.25. The van der Waals surface area contributed by atoms with Crippen LogP contribution in [0.15, 0.2) is 18.2 Å². The standard InChI is InChI=1S/C17H25FN2O2/c1-11-6-7-16(15(18)9-11)19-17(22)13(3)20-8-4-5-14(20)10-12(2)21/h6-7,9,12-14,21H,4-5,8,10H2,1-3H3,(H,19,22). The third-order valence-corrected chi connectivity index (χ3v) is 4.30. The predicted molar refractivity (Wildman–Crippen MR) is 85.3 cm³/mol. The van der Waals surface area contributed by atoms with Gasteiger partial charge in [-0.2, -0.15) is 0 Å². The molecular weight excluding hydrogens is 283 g/mol. The van der Waals surface area contributed by atoms with Crippen LogP contribution in [-0.4, -0.2) is 40.6 Å². The van der Waals surface area contributed by atoms with Crippen molar-refractivity contribution in [3.8, 4) is 0 Å². The number of hydrogen-bond acceptors (Lipinski definition) is 3. The van der Waals surface area contributed by atoms with Crippen LogP contribution >= 0.6 is 0 Å². The van der Waals surface area contributed by atoms with Gasteiger partial charge in [0.05, 0.1) is 17.8 Å². The zero-order valence-electron chi connectivity index (χ0n) is 13.5. The van der Waals surface area contributed by atoms with Crippen LogP contribution in [-0.2, 0) is 4.79 Å². The monoisotopic (exact) mass is 308 g/mol. The first-order chi connectivity index (χ1) is 10.4. The molecule has 2 rings (SSSR count). The van der Waals surface area contributed by atoms with Crippen LogP contribution in [0.3, 0.4) is 0 Å². The van der Waals surface area contributed by atoms with Crippen molar-refractivity contribution in [1.29, 1.82) is 0 Å². The third kappa shape index (κ3) is 4.05. The molecule has 2 N–H and O–H groups in total. The maximum absolute atomic E-state index is 13.8. The second kappa shape index (κ2) is 7.20. The number of aliphatic hydroxyl groups excluding tert-OH is 1. The summed E-state index contributed by atoms with van der Waals surface area (Å²) in [5.74, 6) is -0.622. The fourth-order valence-electron chi connectivity index (χ4n) is 3.12. The molecule has 22 heavy (non-hydrogen) atoms. The van der Waals surface area contributed by atoms with Gasteiger partial charge in [0.2, 0.25) is 5.91 Å². The molecule has 0 aromatic heterocycles. The van der Waals surface area contributed by atoms with Gasteiger partial charge in [-0.05, 0) is 64.3 Å². The molecule has 4 nitrogen and oxygen atoms in total. The van der Waals surface area contributed by atoms with E-state index < -0.39 is 5.82 Å². The Hall–Kier alpha value is -1.46. The van der Waals surface area contributed by atoms with Gasteiger partial charge in [0, 0.05) is 6.04 Å². The molecule has 1 heterocycles. The van der Waals surface area contributed by atoms with E-state index in [0.717, 1.165) is 24.9 Å². The zero-order valence-corrected chi connectivity index (χ0v) is 13.5. The van der Waals surface area contributed by atoms with E-state index >= 15 is 0 Å². The Morgan fingerprint density at radius 3 is 2.86 bits per heavy atom. The molecule has 0 bridgehead atoms. The van der Waals surface area contributed by atoms with E-state index in [0.29, 0.717) is 6.42 Å². The Kier molecular flexibility index (Phi) is 5.53. The minimum Gasteiger partial charge on any atom is -0.393 e. The number of hydrogen-bond donors (Lipinski definition) is 2. The van der Waals surface area contributed by atoms with Gasteiger partial charge in [0.15, 0.2) is 0 Å². The molecule has 1 amide bonds. The maximum Gasteiger partial charge on any atom is 0.241 e. The lowest BCUT2D eigenvalue weighted by atomic mass is 10.1. The summed E-state index contributed by atoms with van der Waals surface area (Å²) in [4.78, 5) is 14.5. The number of rotatable bonds is 5. The summed E-state index contributed by atoms with van der Waals surface area (Å²) in [5, 5.41) is 12.2. The summed E-state index contributed by atoms with van der Waals surface area (Å²) in [6.07, 6.45) is 2.29. The molecule has 3 atom stereocenters. The van der Waals surface area contributed by atoms with Crippen LogP contribution in [0.4, 0.5) is 10.1 Å². The van der Waals surface area contributed by atoms with Crippen molar-refractivity contribution in [2.24, 2.45) is 0 Å². The van der Waals surface area contributed by atoms with Crippen LogP contribution in [0.5, 0.6) is 0 Å². The summed E-state index contributed by atoms with van der Waals surface area (Å²) < 4.78 is 13.8. The third-order valence-electron chi connectivity index (χ3n) is 4.30. The number of benzene rings is 1. The highest BCUT2D eigenvalue weighted by atomic mass is 19.1. The Labute approximate surface area is 131 Å². The quantitative estimate of drug-likeness (QED) is 0.879. The molecule has 1 aliphatic rings. The number of anilines is 1. The second-order valence-electron chi connectivity index (χ2n) is 6.27. The van der Waals surface area contributed by atoms with Gasteiger partial charge in [-0.3, -0.25) is 9.69 Å². The van der Waals surface area contributed by atoms with E-state index in [9.17, 15) is 14.3 Å². The molecule has 0 spiro atoms. The van der Waals surface area contributed by atoms with Gasteiger partial charge in [-0.15, -0.1) is 0 Å². The first-order valence-corrected chi connectivity index (χ1v) is 7.89. The number of likely N-dealkylation sites (tertiary alicyclic amines) is 1. The van der Waals surface area contributed by atoms with E-state index in [-0.39, 0.29) is 29.8 Å². The Balaban J connectivity index is 2.02. The lowest BCUT2D eigenvalue weighted by molar-refractivity contribution is -0.121. The Bertz CT molecular complexity index is 533. The van der Waals surface area contributed by atoms with Gasteiger partial charge in [-0.1, -0.05) is 6.07 Å². The summed E-state index contributed by atoms with van der Waals surface area (Å²) in [5.41, 5.74) is 1.04. The van der Waals surface area contributed by atoms with E-state index in [2.05, 4.69) is 10.2 Å². The van der Waals surface area contributed by atoms with Gasteiger partial charge in [-0.25, -0.2) is 4.39 Å². The molecule has 122 valence electrons. The fraction of sp³-hybridized carbons (Fsp3) is 0.588. The maximum atomic E-state index is 13.8. The highest BCUT2D eigenvalue weighted by molar-refractivity contribution is 5.94. The van der Waals surface area contributed by atoms with Crippen LogP contribution in [0.2, 0.25) is 0 Å². The van der Waals surface area contributed by atoms with Crippen molar-refractivity contribution in [1.82, 2.24) is 4.90 Å². The van der Waals surface area contributed by atoms with Crippen molar-refractivity contribution in [2.45, 2.75) is 58.2 Å². The molecule has 1 aromatic rings. The van der Waals surface area contributed by atoms with Crippen LogP contribution < -0.4 is 5.32 Å². The fourth-order valence-corrected chi connectivity index (χ4v) is 3.12. The highest BCUT2D eigenvalue weighted by Gasteiger charge is 2.32. The van der Waals surface area contributed by atoms with E-state index in [4.69, 9.17) is 0 Å². The number of carbonyl (C=O) groups is 1. The van der Waals surface area contributed by atoms with Crippen LogP contribution in [0, 0.1) is 12.7 Å². The van der Waals surface area contributed by atoms with Crippen LogP contribution in [0.25, 0.3) is 0 Å². The van der Waals surface area contributed by atoms with Gasteiger partial charge in [0.25, 0.3) is 0 Å². The van der Waals surface area contributed by atoms with Gasteiger partial charge < -0.3 is 10.4 Å². The van der Waals surface area contributed by atoms with E-state index in [1.54, 1.807) is 19.1 Å². The number of nitrogens with zero attached hydrogens (tertiary/aromatic N) is 1. The first kappa shape index (κ1) is 16.9. The number of aliphatic hydroxyl groups is 1. The first-order valence-electron chi connectivity index (χ1n) is 7.89. The van der Waals surface area contributed by atoms with Crippen molar-refractivity contribution in [2.75, 3.05) is 11.9 Å². The van der Waals surface area contributed by atoms with Gasteiger partial charge in [0.1, 0.15) is 5.82 Å². The summed E-state index contributed by atoms with van der Waals surface area (Å²) in [6, 6.07) is 4.64. The lowest BCUT2D eigenvalue weighted by Crippen LogP contribution is -2.45. The Morgan fingerprint density at radius 1 is 1.50 bits per heavy atom. The molecule has 3 unspecified atom stereocenters. The molecule has 5 heteroatoms. The number of nitrogens with one attached hydrogen (secondary N) is 1. The average molecular weight is 308 g/mol. The molecular formula is C17H25FN2O2. The van der Waals surface area contributed by atoms with Crippen molar-refractivity contribution >= 4 is 11.6 Å². The Morgan fingerprint density at radius 2 is 2.23 bits per heavy atom. The second-order valence-corrected chi connectivity index (χ2v) is 6.27. The number of halogens is 1. The smallest absolute Gasteiger partial charge is 0.241 e. The van der Waals surface area contributed by atoms with Crippen molar-refractivity contribution < 1.29 is 14.3 Å². The molecule has 1 fully saturated rings. The van der Waals surface area contributed by atoms with Crippen LogP contribution in [0.1, 0.15) is 38.7 Å². The lowest BCUT2D eigenvalue weighted by Gasteiger charge is -2.30. The summed E-state index contributed by atoms with van der Waals surface area (Å²) >= 11 is 0. The SMILES string of the molecule is Cc1ccc(NC(=O)C(C)N2CCCC2CC(C)O)c(F)c1. The van der Waals surface area contributed by atoms with Crippen molar-refractivity contribution in [3.63, 3.8) is 0 Å². The molecule has 1 saturated heterocycles. The number of carbonyl (C=O) groups excluding carboxylic acids is 1. The van der Waals surface area contributed by atoms with E-state index in [1.165, 1.54) is 6.07 Å². The highest BCUT2D eigenvalue weighted by Crippen LogP contribution is 2.25. The predicted octanol–water partition coefficient (Wildman–Crippen LogP) is 2.70. The average Bonchev–Trinajstić information content (AvgIpc) is 2.88. The normalized spacial score (nSPS) is 21.6. The minimum absolute atomic E-state index is 0.208. The number of amides is 1.